The van der Waals surface area contributed by atoms with E-state index in [4.69, 9.17) is 11.5 Å². The first-order valence-corrected chi connectivity index (χ1v) is 6.77. The summed E-state index contributed by atoms with van der Waals surface area (Å²) in [5.74, 6) is -0.566. The first kappa shape index (κ1) is 12.6. The lowest BCUT2D eigenvalue weighted by Gasteiger charge is -2.04. The topological polar surface area (TPSA) is 97.8 Å². The molecule has 3 aromatic rings. The van der Waals surface area contributed by atoms with Crippen LogP contribution < -0.4 is 11.5 Å². The minimum atomic E-state index is -0.566. The highest BCUT2D eigenvalue weighted by atomic mass is 32.2. The van der Waals surface area contributed by atoms with Crippen LogP contribution in [-0.2, 0) is 0 Å². The average Bonchev–Trinajstić information content (AvgIpc) is 2.83. The maximum absolute atomic E-state index is 11.2. The molecule has 3 rings (SSSR count). The maximum atomic E-state index is 11.2. The molecule has 0 saturated heterocycles. The smallest absolute Gasteiger partial charge is 0.267 e. The Bertz CT molecular complexity index is 764. The number of H-pyrrole nitrogens is 1. The predicted molar refractivity (Wildman–Crippen MR) is 79.6 cm³/mol. The number of primary amides is 1. The molecule has 2 aromatic heterocycles. The van der Waals surface area contributed by atoms with Gasteiger partial charge in [0.25, 0.3) is 5.91 Å². The van der Waals surface area contributed by atoms with Crippen molar-refractivity contribution in [3.05, 3.63) is 48.2 Å². The van der Waals surface area contributed by atoms with Gasteiger partial charge in [0.05, 0.1) is 10.7 Å². The third-order valence-electron chi connectivity index (χ3n) is 2.85. The molecule has 1 amide bonds. The van der Waals surface area contributed by atoms with Crippen LogP contribution in [0.5, 0.6) is 0 Å². The van der Waals surface area contributed by atoms with Gasteiger partial charge < -0.3 is 16.5 Å². The molecule has 0 aliphatic carbocycles. The molecule has 1 aromatic carbocycles. The van der Waals surface area contributed by atoms with Gasteiger partial charge in [-0.1, -0.05) is 30.0 Å². The molecule has 6 heteroatoms. The van der Waals surface area contributed by atoms with E-state index in [1.165, 1.54) is 17.8 Å². The van der Waals surface area contributed by atoms with Crippen molar-refractivity contribution in [2.24, 2.45) is 5.73 Å². The number of aromatic nitrogens is 2. The van der Waals surface area contributed by atoms with Crippen LogP contribution in [-0.4, -0.2) is 15.9 Å². The Morgan fingerprint density at radius 2 is 2.00 bits per heavy atom. The highest BCUT2D eigenvalue weighted by molar-refractivity contribution is 7.99. The first-order chi connectivity index (χ1) is 9.63. The number of benzene rings is 1. The SMILES string of the molecule is NC(=O)c1ccc(N)c(Sc2cc3ccccc3[nH]2)n1. The van der Waals surface area contributed by atoms with E-state index in [0.29, 0.717) is 10.7 Å². The van der Waals surface area contributed by atoms with E-state index in [-0.39, 0.29) is 5.69 Å². The molecule has 0 fully saturated rings. The second kappa shape index (κ2) is 4.90. The second-order valence-corrected chi connectivity index (χ2v) is 5.31. The Labute approximate surface area is 119 Å². The largest absolute Gasteiger partial charge is 0.397 e. The first-order valence-electron chi connectivity index (χ1n) is 5.95. The molecule has 5 nitrogen and oxygen atoms in total. The van der Waals surface area contributed by atoms with Crippen molar-refractivity contribution in [2.45, 2.75) is 10.1 Å². The zero-order valence-electron chi connectivity index (χ0n) is 10.5. The highest BCUT2D eigenvalue weighted by Crippen LogP contribution is 2.31. The Morgan fingerprint density at radius 3 is 2.75 bits per heavy atom. The molecular weight excluding hydrogens is 272 g/mol. The summed E-state index contributed by atoms with van der Waals surface area (Å²) in [6, 6.07) is 13.1. The van der Waals surface area contributed by atoms with E-state index < -0.39 is 5.91 Å². The van der Waals surface area contributed by atoms with Gasteiger partial charge in [-0.15, -0.1) is 0 Å². The zero-order chi connectivity index (χ0) is 14.1. The number of nitrogens with zero attached hydrogens (tertiary/aromatic N) is 1. The number of hydrogen-bond donors (Lipinski definition) is 3. The molecule has 5 N–H and O–H groups in total. The minimum absolute atomic E-state index is 0.206. The van der Waals surface area contributed by atoms with Crippen molar-refractivity contribution in [1.29, 1.82) is 0 Å². The normalized spacial score (nSPS) is 10.8. The third kappa shape index (κ3) is 2.33. The number of nitrogens with two attached hydrogens (primary N) is 2. The van der Waals surface area contributed by atoms with Crippen molar-refractivity contribution in [3.8, 4) is 0 Å². The monoisotopic (exact) mass is 284 g/mol. The number of para-hydroxylation sites is 1. The molecule has 0 aliphatic rings. The molecule has 2 heterocycles. The van der Waals surface area contributed by atoms with E-state index in [9.17, 15) is 4.79 Å². The standard InChI is InChI=1S/C14H12N4OS/c15-9-5-6-11(13(16)19)18-14(9)20-12-7-8-3-1-2-4-10(8)17-12/h1-7,17H,15H2,(H2,16,19). The van der Waals surface area contributed by atoms with Gasteiger partial charge >= 0.3 is 0 Å². The minimum Gasteiger partial charge on any atom is -0.397 e. The maximum Gasteiger partial charge on any atom is 0.267 e. The summed E-state index contributed by atoms with van der Waals surface area (Å²) in [5, 5.41) is 2.58. The van der Waals surface area contributed by atoms with Gasteiger partial charge in [0, 0.05) is 10.9 Å². The van der Waals surface area contributed by atoms with E-state index in [1.54, 1.807) is 6.07 Å². The fourth-order valence-electron chi connectivity index (χ4n) is 1.88. The summed E-state index contributed by atoms with van der Waals surface area (Å²) in [4.78, 5) is 18.6. The van der Waals surface area contributed by atoms with Crippen molar-refractivity contribution < 1.29 is 4.79 Å². The van der Waals surface area contributed by atoms with Crippen LogP contribution in [0.4, 0.5) is 5.69 Å². The van der Waals surface area contributed by atoms with E-state index in [2.05, 4.69) is 9.97 Å². The highest BCUT2D eigenvalue weighted by Gasteiger charge is 2.10. The van der Waals surface area contributed by atoms with Gasteiger partial charge in [-0.2, -0.15) is 0 Å². The Kier molecular flexibility index (Phi) is 3.08. The zero-order valence-corrected chi connectivity index (χ0v) is 11.3. The van der Waals surface area contributed by atoms with Crippen LogP contribution in [0.25, 0.3) is 10.9 Å². The van der Waals surface area contributed by atoms with Gasteiger partial charge in [-0.05, 0) is 24.3 Å². The third-order valence-corrected chi connectivity index (χ3v) is 3.81. The summed E-state index contributed by atoms with van der Waals surface area (Å²) in [6.45, 7) is 0. The molecule has 20 heavy (non-hydrogen) atoms. The number of carbonyl (C=O) groups excluding carboxylic acids is 1. The molecular formula is C14H12N4OS. The number of hydrogen-bond acceptors (Lipinski definition) is 4. The molecule has 0 unspecified atom stereocenters. The second-order valence-electron chi connectivity index (χ2n) is 4.28. The lowest BCUT2D eigenvalue weighted by Crippen LogP contribution is -2.13. The van der Waals surface area contributed by atoms with Crippen molar-refractivity contribution in [1.82, 2.24) is 9.97 Å². The summed E-state index contributed by atoms with van der Waals surface area (Å²) in [6.07, 6.45) is 0. The Hall–Kier alpha value is -2.47. The summed E-state index contributed by atoms with van der Waals surface area (Å²) in [5.41, 5.74) is 12.9. The van der Waals surface area contributed by atoms with Crippen LogP contribution in [0.15, 0.2) is 52.5 Å². The predicted octanol–water partition coefficient (Wildman–Crippen LogP) is 2.40. The lowest BCUT2D eigenvalue weighted by molar-refractivity contribution is 0.0995. The van der Waals surface area contributed by atoms with Gasteiger partial charge in [0.2, 0.25) is 0 Å². The number of aromatic amines is 1. The number of nitrogens with one attached hydrogen (secondary N) is 1. The molecule has 0 saturated carbocycles. The van der Waals surface area contributed by atoms with Crippen molar-refractivity contribution >= 4 is 34.3 Å². The van der Waals surface area contributed by atoms with Crippen LogP contribution in [0.1, 0.15) is 10.5 Å². The van der Waals surface area contributed by atoms with Gasteiger partial charge in [-0.25, -0.2) is 4.98 Å². The Morgan fingerprint density at radius 1 is 1.20 bits per heavy atom. The number of amides is 1. The van der Waals surface area contributed by atoms with Crippen molar-refractivity contribution in [2.75, 3.05) is 5.73 Å². The summed E-state index contributed by atoms with van der Waals surface area (Å²) < 4.78 is 0. The summed E-state index contributed by atoms with van der Waals surface area (Å²) in [7, 11) is 0. The van der Waals surface area contributed by atoms with Gasteiger partial charge in [0.1, 0.15) is 10.7 Å². The number of pyridine rings is 1. The van der Waals surface area contributed by atoms with Gasteiger partial charge in [0.15, 0.2) is 0 Å². The molecule has 100 valence electrons. The number of carbonyl (C=O) groups is 1. The number of nitrogen functional groups attached to an aromatic ring is 1. The van der Waals surface area contributed by atoms with Crippen LogP contribution in [0.2, 0.25) is 0 Å². The van der Waals surface area contributed by atoms with Crippen LogP contribution >= 0.6 is 11.8 Å². The number of rotatable bonds is 3. The van der Waals surface area contributed by atoms with E-state index in [1.807, 2.05) is 30.3 Å². The molecule has 0 aliphatic heterocycles. The fourth-order valence-corrected chi connectivity index (χ4v) is 2.76. The number of anilines is 1. The molecule has 0 bridgehead atoms. The Balaban J connectivity index is 1.97. The lowest BCUT2D eigenvalue weighted by atomic mass is 10.3. The molecule has 0 spiro atoms. The quantitative estimate of drug-likeness (QED) is 0.687. The van der Waals surface area contributed by atoms with E-state index >= 15 is 0 Å². The molecule has 0 radical (unpaired) electrons. The molecule has 0 atom stereocenters. The van der Waals surface area contributed by atoms with Crippen LogP contribution in [0.3, 0.4) is 0 Å². The van der Waals surface area contributed by atoms with E-state index in [0.717, 1.165) is 15.9 Å². The van der Waals surface area contributed by atoms with Crippen LogP contribution in [0, 0.1) is 0 Å². The van der Waals surface area contributed by atoms with Gasteiger partial charge in [-0.3, -0.25) is 4.79 Å². The average molecular weight is 284 g/mol. The number of fused-ring (bicyclic) bond motifs is 1. The fraction of sp³-hybridized carbons (Fsp3) is 0. The van der Waals surface area contributed by atoms with Crippen molar-refractivity contribution in [3.63, 3.8) is 0 Å². The summed E-state index contributed by atoms with van der Waals surface area (Å²) >= 11 is 1.37.